The van der Waals surface area contributed by atoms with Crippen LogP contribution in [-0.2, 0) is 0 Å². The van der Waals surface area contributed by atoms with Crippen LogP contribution >= 0.6 is 0 Å². The molecule has 110 valence electrons. The predicted molar refractivity (Wildman–Crippen MR) is 87.3 cm³/mol. The molecule has 22 heavy (non-hydrogen) atoms. The van der Waals surface area contributed by atoms with Crippen LogP contribution < -0.4 is 0 Å². The number of benzene rings is 2. The van der Waals surface area contributed by atoms with E-state index in [4.69, 9.17) is 0 Å². The molecule has 0 radical (unpaired) electrons. The molecule has 1 heterocycles. The fraction of sp³-hybridized carbons (Fsp3) is 0.118. The Bertz CT molecular complexity index is 757. The summed E-state index contributed by atoms with van der Waals surface area (Å²) in [7, 11) is 3.92. The van der Waals surface area contributed by atoms with E-state index in [2.05, 4.69) is 39.8 Å². The third kappa shape index (κ3) is 3.03. The molecule has 0 saturated carbocycles. The van der Waals surface area contributed by atoms with Crippen LogP contribution in [0.1, 0.15) is 5.82 Å². The Morgan fingerprint density at radius 2 is 1.59 bits per heavy atom. The fourth-order valence-corrected chi connectivity index (χ4v) is 2.12. The van der Waals surface area contributed by atoms with E-state index in [-0.39, 0.29) is 0 Å². The summed E-state index contributed by atoms with van der Waals surface area (Å²) >= 11 is 0. The lowest BCUT2D eigenvalue weighted by Crippen LogP contribution is -2.03. The standard InChI is InChI=1S/C17H17N5/c1-21(2)13-12-17-18-19-20-22(17)16-10-8-15(9-11-16)14-6-4-3-5-7-14/h3-13H,1-2H3/b13-12+. The van der Waals surface area contributed by atoms with E-state index in [1.165, 1.54) is 11.1 Å². The van der Waals surface area contributed by atoms with Crippen LogP contribution in [0.25, 0.3) is 22.9 Å². The first-order chi connectivity index (χ1) is 10.7. The van der Waals surface area contributed by atoms with Crippen LogP contribution in [0.5, 0.6) is 0 Å². The van der Waals surface area contributed by atoms with Gasteiger partial charge in [0, 0.05) is 26.4 Å². The Labute approximate surface area is 129 Å². The Kier molecular flexibility index (Phi) is 3.96. The normalized spacial score (nSPS) is 11.0. The molecular weight excluding hydrogens is 274 g/mol. The van der Waals surface area contributed by atoms with Crippen molar-refractivity contribution in [2.24, 2.45) is 0 Å². The van der Waals surface area contributed by atoms with Crippen LogP contribution in [0.15, 0.2) is 60.8 Å². The maximum Gasteiger partial charge on any atom is 0.181 e. The zero-order chi connectivity index (χ0) is 15.4. The highest BCUT2D eigenvalue weighted by Gasteiger charge is 2.05. The minimum atomic E-state index is 0.696. The summed E-state index contributed by atoms with van der Waals surface area (Å²) in [5.74, 6) is 0.696. The summed E-state index contributed by atoms with van der Waals surface area (Å²) in [5.41, 5.74) is 3.30. The summed E-state index contributed by atoms with van der Waals surface area (Å²) in [5, 5.41) is 11.8. The molecule has 0 fully saturated rings. The van der Waals surface area contributed by atoms with Gasteiger partial charge in [-0.1, -0.05) is 42.5 Å². The van der Waals surface area contributed by atoms with Gasteiger partial charge in [-0.2, -0.15) is 4.68 Å². The molecule has 3 rings (SSSR count). The van der Waals surface area contributed by atoms with Crippen molar-refractivity contribution < 1.29 is 0 Å². The van der Waals surface area contributed by atoms with E-state index < -0.39 is 0 Å². The highest BCUT2D eigenvalue weighted by Crippen LogP contribution is 2.20. The van der Waals surface area contributed by atoms with Crippen LogP contribution in [0.3, 0.4) is 0 Å². The van der Waals surface area contributed by atoms with Gasteiger partial charge in [0.15, 0.2) is 5.82 Å². The fourth-order valence-electron chi connectivity index (χ4n) is 2.12. The molecule has 1 aromatic heterocycles. The Hall–Kier alpha value is -2.95. The third-order valence-electron chi connectivity index (χ3n) is 3.23. The Balaban J connectivity index is 1.89. The molecule has 0 N–H and O–H groups in total. The van der Waals surface area contributed by atoms with Gasteiger partial charge in [0.2, 0.25) is 0 Å². The van der Waals surface area contributed by atoms with E-state index in [1.54, 1.807) is 4.68 Å². The second kappa shape index (κ2) is 6.22. The zero-order valence-electron chi connectivity index (χ0n) is 12.6. The molecule has 5 nitrogen and oxygen atoms in total. The summed E-state index contributed by atoms with van der Waals surface area (Å²) in [6.45, 7) is 0. The van der Waals surface area contributed by atoms with E-state index in [0.717, 1.165) is 5.69 Å². The Morgan fingerprint density at radius 3 is 2.27 bits per heavy atom. The lowest BCUT2D eigenvalue weighted by molar-refractivity contribution is 0.567. The molecule has 0 spiro atoms. The SMILES string of the molecule is CN(C)/C=C/c1nnnn1-c1ccc(-c2ccccc2)cc1. The van der Waals surface area contributed by atoms with Crippen molar-refractivity contribution in [1.82, 2.24) is 25.1 Å². The minimum absolute atomic E-state index is 0.696. The second-order valence-electron chi connectivity index (χ2n) is 5.14. The van der Waals surface area contributed by atoms with E-state index in [0.29, 0.717) is 5.82 Å². The number of rotatable bonds is 4. The van der Waals surface area contributed by atoms with Crippen LogP contribution in [0.4, 0.5) is 0 Å². The minimum Gasteiger partial charge on any atom is -0.383 e. The van der Waals surface area contributed by atoms with Crippen molar-refractivity contribution in [2.75, 3.05) is 14.1 Å². The predicted octanol–water partition coefficient (Wildman–Crippen LogP) is 2.86. The van der Waals surface area contributed by atoms with Crippen molar-refractivity contribution in [3.63, 3.8) is 0 Å². The molecule has 0 atom stereocenters. The quantitative estimate of drug-likeness (QED) is 0.741. The van der Waals surface area contributed by atoms with Crippen molar-refractivity contribution in [2.45, 2.75) is 0 Å². The maximum absolute atomic E-state index is 4.05. The molecular formula is C17H17N5. The summed E-state index contributed by atoms with van der Waals surface area (Å²) in [4.78, 5) is 1.94. The van der Waals surface area contributed by atoms with Crippen LogP contribution in [0, 0.1) is 0 Å². The van der Waals surface area contributed by atoms with Gasteiger partial charge in [-0.3, -0.25) is 0 Å². The summed E-state index contributed by atoms with van der Waals surface area (Å²) in [6.07, 6.45) is 3.80. The van der Waals surface area contributed by atoms with Gasteiger partial charge in [0.25, 0.3) is 0 Å². The Morgan fingerprint density at radius 1 is 0.909 bits per heavy atom. The molecule has 0 aliphatic rings. The van der Waals surface area contributed by atoms with Gasteiger partial charge < -0.3 is 4.90 Å². The third-order valence-corrected chi connectivity index (χ3v) is 3.23. The van der Waals surface area contributed by atoms with Gasteiger partial charge in [0.1, 0.15) is 0 Å². The van der Waals surface area contributed by atoms with Gasteiger partial charge in [-0.25, -0.2) is 0 Å². The van der Waals surface area contributed by atoms with E-state index in [9.17, 15) is 0 Å². The molecule has 0 saturated heterocycles. The average molecular weight is 291 g/mol. The number of hydrogen-bond donors (Lipinski definition) is 0. The van der Waals surface area contributed by atoms with Gasteiger partial charge in [-0.15, -0.1) is 5.10 Å². The molecule has 0 unspecified atom stereocenters. The molecule has 5 heteroatoms. The number of tetrazole rings is 1. The monoisotopic (exact) mass is 291 g/mol. The van der Waals surface area contributed by atoms with Crippen molar-refractivity contribution in [1.29, 1.82) is 0 Å². The largest absolute Gasteiger partial charge is 0.383 e. The molecule has 0 amide bonds. The van der Waals surface area contributed by atoms with Gasteiger partial charge >= 0.3 is 0 Å². The molecule has 0 bridgehead atoms. The molecule has 0 aliphatic carbocycles. The van der Waals surface area contributed by atoms with Gasteiger partial charge in [0.05, 0.1) is 5.69 Å². The van der Waals surface area contributed by atoms with Crippen molar-refractivity contribution in [3.05, 3.63) is 66.6 Å². The second-order valence-corrected chi connectivity index (χ2v) is 5.14. The molecule has 3 aromatic rings. The average Bonchev–Trinajstić information content (AvgIpc) is 3.02. The van der Waals surface area contributed by atoms with Gasteiger partial charge in [-0.05, 0) is 33.7 Å². The smallest absolute Gasteiger partial charge is 0.181 e. The first-order valence-corrected chi connectivity index (χ1v) is 7.03. The lowest BCUT2D eigenvalue weighted by Gasteiger charge is -2.06. The van der Waals surface area contributed by atoms with Crippen LogP contribution in [-0.4, -0.2) is 39.2 Å². The molecule has 2 aromatic carbocycles. The maximum atomic E-state index is 4.05. The zero-order valence-corrected chi connectivity index (χ0v) is 12.6. The highest BCUT2D eigenvalue weighted by atomic mass is 15.5. The van der Waals surface area contributed by atoms with Crippen molar-refractivity contribution in [3.8, 4) is 16.8 Å². The first-order valence-electron chi connectivity index (χ1n) is 7.03. The summed E-state index contributed by atoms with van der Waals surface area (Å²) < 4.78 is 1.72. The van der Waals surface area contributed by atoms with Crippen molar-refractivity contribution >= 4 is 6.08 Å². The summed E-state index contributed by atoms with van der Waals surface area (Å²) in [6, 6.07) is 18.5. The number of hydrogen-bond acceptors (Lipinski definition) is 4. The highest BCUT2D eigenvalue weighted by molar-refractivity contribution is 5.64. The topological polar surface area (TPSA) is 46.8 Å². The van der Waals surface area contributed by atoms with E-state index in [1.807, 2.05) is 61.6 Å². The van der Waals surface area contributed by atoms with E-state index >= 15 is 0 Å². The number of nitrogens with zero attached hydrogens (tertiary/aromatic N) is 5. The number of aromatic nitrogens is 4. The van der Waals surface area contributed by atoms with Crippen LogP contribution in [0.2, 0.25) is 0 Å². The first kappa shape index (κ1) is 14.0. The molecule has 0 aliphatic heterocycles. The lowest BCUT2D eigenvalue weighted by atomic mass is 10.1.